The summed E-state index contributed by atoms with van der Waals surface area (Å²) in [6.45, 7) is 6.49. The molecule has 0 fully saturated rings. The SMILES string of the molecule is CCOc1ccc(C(=O)NC(=S)Nc2cc(C)cc(C)c2)cc1Br. The van der Waals surface area contributed by atoms with Crippen LogP contribution in [0.1, 0.15) is 28.4 Å². The normalized spacial score (nSPS) is 10.2. The number of nitrogens with one attached hydrogen (secondary N) is 2. The molecule has 0 atom stereocenters. The van der Waals surface area contributed by atoms with Gasteiger partial charge in [-0.3, -0.25) is 10.1 Å². The number of rotatable bonds is 4. The molecule has 0 saturated carbocycles. The van der Waals surface area contributed by atoms with Crippen LogP contribution in [0.3, 0.4) is 0 Å². The summed E-state index contributed by atoms with van der Waals surface area (Å²) in [4.78, 5) is 12.3. The highest BCUT2D eigenvalue weighted by molar-refractivity contribution is 9.10. The fourth-order valence-corrected chi connectivity index (χ4v) is 3.00. The summed E-state index contributed by atoms with van der Waals surface area (Å²) in [5.41, 5.74) is 3.60. The maximum absolute atomic E-state index is 12.3. The summed E-state index contributed by atoms with van der Waals surface area (Å²) in [7, 11) is 0. The lowest BCUT2D eigenvalue weighted by molar-refractivity contribution is 0.0977. The number of hydrogen-bond acceptors (Lipinski definition) is 3. The van der Waals surface area contributed by atoms with E-state index in [1.165, 1.54) is 0 Å². The van der Waals surface area contributed by atoms with Crippen LogP contribution in [0, 0.1) is 13.8 Å². The topological polar surface area (TPSA) is 50.4 Å². The fourth-order valence-electron chi connectivity index (χ4n) is 2.30. The van der Waals surface area contributed by atoms with Gasteiger partial charge in [-0.15, -0.1) is 0 Å². The zero-order chi connectivity index (χ0) is 17.7. The van der Waals surface area contributed by atoms with Gasteiger partial charge in [-0.05, 0) is 90.4 Å². The van der Waals surface area contributed by atoms with Crippen molar-refractivity contribution in [3.63, 3.8) is 0 Å². The number of hydrogen-bond donors (Lipinski definition) is 2. The molecule has 0 aliphatic heterocycles. The standard InChI is InChI=1S/C18H19BrN2O2S/c1-4-23-16-6-5-13(10-15(16)19)17(22)21-18(24)20-14-8-11(2)7-12(3)9-14/h5-10H,4H2,1-3H3,(H2,20,21,22,24). The Balaban J connectivity index is 2.03. The van der Waals surface area contributed by atoms with Gasteiger partial charge >= 0.3 is 0 Å². The van der Waals surface area contributed by atoms with Crippen LogP contribution in [-0.4, -0.2) is 17.6 Å². The van der Waals surface area contributed by atoms with E-state index >= 15 is 0 Å². The Morgan fingerprint density at radius 2 is 1.83 bits per heavy atom. The van der Waals surface area contributed by atoms with E-state index in [1.54, 1.807) is 18.2 Å². The lowest BCUT2D eigenvalue weighted by Crippen LogP contribution is -2.34. The third-order valence-corrected chi connectivity index (χ3v) is 4.02. The quantitative estimate of drug-likeness (QED) is 0.728. The van der Waals surface area contributed by atoms with Gasteiger partial charge in [-0.2, -0.15) is 0 Å². The summed E-state index contributed by atoms with van der Waals surface area (Å²) < 4.78 is 6.16. The van der Waals surface area contributed by atoms with E-state index in [4.69, 9.17) is 17.0 Å². The first kappa shape index (κ1) is 18.4. The zero-order valence-corrected chi connectivity index (χ0v) is 16.2. The highest BCUT2D eigenvalue weighted by Gasteiger charge is 2.11. The van der Waals surface area contributed by atoms with Gasteiger partial charge in [0.1, 0.15) is 5.75 Å². The summed E-state index contributed by atoms with van der Waals surface area (Å²) >= 11 is 8.62. The molecule has 126 valence electrons. The molecule has 0 heterocycles. The van der Waals surface area contributed by atoms with E-state index in [0.717, 1.165) is 21.3 Å². The van der Waals surface area contributed by atoms with E-state index < -0.39 is 0 Å². The van der Waals surface area contributed by atoms with Crippen molar-refractivity contribution in [1.82, 2.24) is 5.32 Å². The van der Waals surface area contributed by atoms with Crippen LogP contribution in [0.4, 0.5) is 5.69 Å². The molecule has 0 spiro atoms. The first-order valence-electron chi connectivity index (χ1n) is 7.52. The molecule has 0 radical (unpaired) electrons. The molecular weight excluding hydrogens is 388 g/mol. The van der Waals surface area contributed by atoms with Gasteiger partial charge < -0.3 is 10.1 Å². The molecule has 24 heavy (non-hydrogen) atoms. The molecule has 0 aromatic heterocycles. The van der Waals surface area contributed by atoms with Gasteiger partial charge in [0.15, 0.2) is 5.11 Å². The average molecular weight is 407 g/mol. The summed E-state index contributed by atoms with van der Waals surface area (Å²) in [6, 6.07) is 11.2. The Bertz CT molecular complexity index is 757. The van der Waals surface area contributed by atoms with E-state index in [9.17, 15) is 4.79 Å². The van der Waals surface area contributed by atoms with Crippen LogP contribution in [0.2, 0.25) is 0 Å². The number of amides is 1. The van der Waals surface area contributed by atoms with Crippen molar-refractivity contribution in [1.29, 1.82) is 0 Å². The van der Waals surface area contributed by atoms with Gasteiger partial charge in [0.25, 0.3) is 5.91 Å². The maximum Gasteiger partial charge on any atom is 0.257 e. The monoisotopic (exact) mass is 406 g/mol. The molecule has 4 nitrogen and oxygen atoms in total. The molecular formula is C18H19BrN2O2S. The largest absolute Gasteiger partial charge is 0.493 e. The lowest BCUT2D eigenvalue weighted by Gasteiger charge is -2.12. The van der Waals surface area contributed by atoms with Crippen molar-refractivity contribution in [2.45, 2.75) is 20.8 Å². The molecule has 0 aliphatic rings. The fraction of sp³-hybridized carbons (Fsp3) is 0.222. The predicted octanol–water partition coefficient (Wildman–Crippen LogP) is 4.59. The summed E-state index contributed by atoms with van der Waals surface area (Å²) in [6.07, 6.45) is 0. The molecule has 0 unspecified atom stereocenters. The minimum Gasteiger partial charge on any atom is -0.493 e. The van der Waals surface area contributed by atoms with Gasteiger partial charge in [-0.1, -0.05) is 6.07 Å². The number of thiocarbonyl (C=S) groups is 1. The molecule has 0 bridgehead atoms. The number of carbonyl (C=O) groups is 1. The molecule has 1 amide bonds. The molecule has 2 aromatic carbocycles. The lowest BCUT2D eigenvalue weighted by atomic mass is 10.1. The molecule has 2 N–H and O–H groups in total. The van der Waals surface area contributed by atoms with E-state index in [-0.39, 0.29) is 11.0 Å². The second-order valence-electron chi connectivity index (χ2n) is 5.36. The molecule has 0 saturated heterocycles. The van der Waals surface area contributed by atoms with Crippen molar-refractivity contribution in [2.75, 3.05) is 11.9 Å². The Morgan fingerprint density at radius 3 is 2.42 bits per heavy atom. The van der Waals surface area contributed by atoms with E-state index in [2.05, 4.69) is 32.6 Å². The zero-order valence-electron chi connectivity index (χ0n) is 13.8. The number of aryl methyl sites for hydroxylation is 2. The van der Waals surface area contributed by atoms with Crippen LogP contribution in [0.25, 0.3) is 0 Å². The predicted molar refractivity (Wildman–Crippen MR) is 105 cm³/mol. The van der Waals surface area contributed by atoms with Gasteiger partial charge in [0.2, 0.25) is 0 Å². The van der Waals surface area contributed by atoms with E-state index in [0.29, 0.717) is 17.9 Å². The van der Waals surface area contributed by atoms with Gasteiger partial charge in [0, 0.05) is 11.3 Å². The number of ether oxygens (including phenoxy) is 1. The molecule has 0 aliphatic carbocycles. The highest BCUT2D eigenvalue weighted by Crippen LogP contribution is 2.26. The van der Waals surface area contributed by atoms with Crippen molar-refractivity contribution >= 4 is 44.9 Å². The third kappa shape index (κ3) is 5.04. The Hall–Kier alpha value is -1.92. The van der Waals surface area contributed by atoms with Crippen molar-refractivity contribution in [3.8, 4) is 5.75 Å². The highest BCUT2D eigenvalue weighted by atomic mass is 79.9. The first-order chi connectivity index (χ1) is 11.4. The average Bonchev–Trinajstić information content (AvgIpc) is 2.48. The van der Waals surface area contributed by atoms with Crippen LogP contribution in [0.5, 0.6) is 5.75 Å². The maximum atomic E-state index is 12.3. The Morgan fingerprint density at radius 1 is 1.17 bits per heavy atom. The second kappa shape index (κ2) is 8.26. The van der Waals surface area contributed by atoms with Crippen molar-refractivity contribution in [3.05, 3.63) is 57.6 Å². The number of benzene rings is 2. The van der Waals surface area contributed by atoms with Crippen LogP contribution < -0.4 is 15.4 Å². The Kier molecular flexibility index (Phi) is 6.34. The molecule has 2 rings (SSSR count). The number of halogens is 1. The minimum absolute atomic E-state index is 0.259. The Labute approximate surface area is 155 Å². The van der Waals surface area contributed by atoms with Crippen molar-refractivity contribution < 1.29 is 9.53 Å². The number of anilines is 1. The second-order valence-corrected chi connectivity index (χ2v) is 6.63. The van der Waals surface area contributed by atoms with Gasteiger partial charge in [0.05, 0.1) is 11.1 Å². The summed E-state index contributed by atoms with van der Waals surface area (Å²) in [5, 5.41) is 5.97. The summed E-state index contributed by atoms with van der Waals surface area (Å²) in [5.74, 6) is 0.422. The van der Waals surface area contributed by atoms with Gasteiger partial charge in [-0.25, -0.2) is 0 Å². The van der Waals surface area contributed by atoms with Crippen LogP contribution >= 0.6 is 28.1 Å². The van der Waals surface area contributed by atoms with E-state index in [1.807, 2.05) is 32.9 Å². The van der Waals surface area contributed by atoms with Crippen molar-refractivity contribution in [2.24, 2.45) is 0 Å². The van der Waals surface area contributed by atoms with Crippen LogP contribution in [-0.2, 0) is 0 Å². The third-order valence-electron chi connectivity index (χ3n) is 3.20. The smallest absolute Gasteiger partial charge is 0.257 e. The number of carbonyl (C=O) groups excluding carboxylic acids is 1. The molecule has 2 aromatic rings. The first-order valence-corrected chi connectivity index (χ1v) is 8.72. The minimum atomic E-state index is -0.277. The van der Waals surface area contributed by atoms with Crippen LogP contribution in [0.15, 0.2) is 40.9 Å². The molecule has 6 heteroatoms.